The van der Waals surface area contributed by atoms with Crippen molar-refractivity contribution < 1.29 is 14.3 Å². The molecule has 0 aliphatic heterocycles. The van der Waals surface area contributed by atoms with Crippen molar-refractivity contribution in [2.75, 3.05) is 19.4 Å². The fourth-order valence-corrected chi connectivity index (χ4v) is 4.76. The summed E-state index contributed by atoms with van der Waals surface area (Å²) in [5.74, 6) is 0.190. The topological polar surface area (TPSA) is 67.4 Å². The van der Waals surface area contributed by atoms with Crippen LogP contribution in [0.15, 0.2) is 60.7 Å². The average molecular weight is 455 g/mol. The normalized spacial score (nSPS) is 21.5. The fourth-order valence-electron chi connectivity index (χ4n) is 4.30. The van der Waals surface area contributed by atoms with E-state index in [2.05, 4.69) is 35.4 Å². The van der Waals surface area contributed by atoms with Gasteiger partial charge in [0.15, 0.2) is 0 Å². The molecule has 0 bridgehead atoms. The van der Waals surface area contributed by atoms with Gasteiger partial charge in [0.2, 0.25) is 11.8 Å². The first kappa shape index (κ1) is 24.3. The first-order valence-electron chi connectivity index (χ1n) is 11.4. The number of nitrogens with one attached hydrogen (secondary N) is 2. The third-order valence-corrected chi connectivity index (χ3v) is 7.02. The second-order valence-electron chi connectivity index (χ2n) is 8.57. The Morgan fingerprint density at radius 3 is 2.19 bits per heavy atom. The average Bonchev–Trinajstić information content (AvgIpc) is 2.85. The van der Waals surface area contributed by atoms with Gasteiger partial charge >= 0.3 is 0 Å². The molecule has 0 unspecified atom stereocenters. The van der Waals surface area contributed by atoms with Gasteiger partial charge in [-0.3, -0.25) is 9.59 Å². The molecule has 0 heterocycles. The third-order valence-electron chi connectivity index (χ3n) is 6.41. The predicted molar refractivity (Wildman–Crippen MR) is 131 cm³/mol. The smallest absolute Gasteiger partial charge is 0.242 e. The maximum Gasteiger partial charge on any atom is 0.242 e. The minimum absolute atomic E-state index is 0.0835. The van der Waals surface area contributed by atoms with E-state index in [9.17, 15) is 9.59 Å². The molecule has 1 saturated carbocycles. The number of rotatable bonds is 10. The highest BCUT2D eigenvalue weighted by molar-refractivity contribution is 7.80. The molecule has 0 radical (unpaired) electrons. The second kappa shape index (κ2) is 12.1. The molecular weight excluding hydrogens is 420 g/mol. The first-order chi connectivity index (χ1) is 15.6. The van der Waals surface area contributed by atoms with Gasteiger partial charge < -0.3 is 15.4 Å². The van der Waals surface area contributed by atoms with Crippen LogP contribution in [0.1, 0.15) is 36.8 Å². The Morgan fingerprint density at radius 1 is 1.03 bits per heavy atom. The summed E-state index contributed by atoms with van der Waals surface area (Å²) >= 11 is 4.53. The van der Waals surface area contributed by atoms with Crippen LogP contribution in [0, 0.1) is 5.41 Å². The lowest BCUT2D eigenvalue weighted by Crippen LogP contribution is -2.53. The van der Waals surface area contributed by atoms with Crippen LogP contribution in [0.2, 0.25) is 0 Å². The van der Waals surface area contributed by atoms with E-state index in [1.165, 1.54) is 5.56 Å². The van der Waals surface area contributed by atoms with Gasteiger partial charge in [0.05, 0.1) is 18.1 Å². The summed E-state index contributed by atoms with van der Waals surface area (Å²) in [6.07, 6.45) is 4.59. The van der Waals surface area contributed by atoms with E-state index in [1.807, 2.05) is 48.5 Å². The number of thiol groups is 1. The molecule has 1 aliphatic rings. The first-order valence-corrected chi connectivity index (χ1v) is 12.0. The third kappa shape index (κ3) is 6.59. The zero-order chi connectivity index (χ0) is 22.8. The van der Waals surface area contributed by atoms with Gasteiger partial charge in [0, 0.05) is 19.2 Å². The molecule has 2 aromatic carbocycles. The van der Waals surface area contributed by atoms with Crippen LogP contribution in [0.3, 0.4) is 0 Å². The molecule has 1 atom stereocenters. The Hall–Kier alpha value is -2.31. The quantitative estimate of drug-likeness (QED) is 0.481. The molecule has 6 heteroatoms. The minimum atomic E-state index is -0.605. The van der Waals surface area contributed by atoms with Gasteiger partial charge in [-0.2, -0.15) is 12.6 Å². The monoisotopic (exact) mass is 454 g/mol. The van der Waals surface area contributed by atoms with Crippen molar-refractivity contribution in [3.63, 3.8) is 0 Å². The Balaban J connectivity index is 1.54. The highest BCUT2D eigenvalue weighted by Crippen LogP contribution is 2.39. The summed E-state index contributed by atoms with van der Waals surface area (Å²) in [5.41, 5.74) is 1.72. The highest BCUT2D eigenvalue weighted by atomic mass is 32.1. The zero-order valence-electron chi connectivity index (χ0n) is 18.8. The van der Waals surface area contributed by atoms with E-state index >= 15 is 0 Å². The fraction of sp³-hybridized carbons (Fsp3) is 0.462. The number of ether oxygens (including phenoxy) is 1. The zero-order valence-corrected chi connectivity index (χ0v) is 19.7. The largest absolute Gasteiger partial charge is 0.378 e. The Kier molecular flexibility index (Phi) is 9.18. The summed E-state index contributed by atoms with van der Waals surface area (Å²) in [6.45, 7) is 0.685. The molecule has 2 amide bonds. The number of hydrogen-bond donors (Lipinski definition) is 3. The van der Waals surface area contributed by atoms with Crippen molar-refractivity contribution in [1.29, 1.82) is 0 Å². The molecule has 1 aliphatic carbocycles. The summed E-state index contributed by atoms with van der Waals surface area (Å²) in [7, 11) is 1.60. The molecular formula is C26H34N2O3S. The van der Waals surface area contributed by atoms with Crippen LogP contribution in [-0.2, 0) is 27.2 Å². The van der Waals surface area contributed by atoms with Crippen LogP contribution in [-0.4, -0.2) is 43.4 Å². The SMILES string of the molecule is CNC(=O)[C@H](Cc1ccccc1)NC(=O)C1(CS)CCC(OCCc2ccccc2)CC1. The van der Waals surface area contributed by atoms with Gasteiger partial charge in [-0.1, -0.05) is 60.7 Å². The minimum Gasteiger partial charge on any atom is -0.378 e. The molecule has 172 valence electrons. The molecule has 32 heavy (non-hydrogen) atoms. The van der Waals surface area contributed by atoms with Crippen molar-refractivity contribution in [2.24, 2.45) is 5.41 Å². The van der Waals surface area contributed by atoms with Crippen LogP contribution < -0.4 is 10.6 Å². The van der Waals surface area contributed by atoms with Crippen LogP contribution in [0.25, 0.3) is 0 Å². The number of benzene rings is 2. The van der Waals surface area contributed by atoms with Crippen molar-refractivity contribution in [3.8, 4) is 0 Å². The van der Waals surface area contributed by atoms with Gasteiger partial charge in [0.25, 0.3) is 0 Å². The van der Waals surface area contributed by atoms with Crippen molar-refractivity contribution >= 4 is 24.4 Å². The number of carbonyl (C=O) groups excluding carboxylic acids is 2. The van der Waals surface area contributed by atoms with E-state index in [-0.39, 0.29) is 17.9 Å². The van der Waals surface area contributed by atoms with Gasteiger partial charge in [0.1, 0.15) is 6.04 Å². The van der Waals surface area contributed by atoms with Gasteiger partial charge in [-0.15, -0.1) is 0 Å². The Morgan fingerprint density at radius 2 is 1.62 bits per heavy atom. The standard InChI is InChI=1S/C26H34N2O3S/c1-27-24(29)23(18-21-10-6-3-7-11-21)28-25(30)26(19-32)15-12-22(13-16-26)31-17-14-20-8-4-2-5-9-20/h2-11,22-23,32H,12-19H2,1H3,(H,27,29)(H,28,30)/t22?,23-,26?/m0/s1. The van der Waals surface area contributed by atoms with Crippen molar-refractivity contribution in [3.05, 3.63) is 71.8 Å². The number of likely N-dealkylation sites (N-methyl/N-ethyl adjacent to an activating group) is 1. The molecule has 2 aromatic rings. The lowest BCUT2D eigenvalue weighted by molar-refractivity contribution is -0.137. The van der Waals surface area contributed by atoms with Crippen molar-refractivity contribution in [1.82, 2.24) is 10.6 Å². The van der Waals surface area contributed by atoms with E-state index in [0.29, 0.717) is 31.6 Å². The maximum atomic E-state index is 13.3. The maximum absolute atomic E-state index is 13.3. The summed E-state index contributed by atoms with van der Waals surface area (Å²) in [5, 5.41) is 5.69. The molecule has 5 nitrogen and oxygen atoms in total. The van der Waals surface area contributed by atoms with Gasteiger partial charge in [-0.25, -0.2) is 0 Å². The molecule has 1 fully saturated rings. The summed E-state index contributed by atoms with van der Waals surface area (Å²) < 4.78 is 6.10. The molecule has 2 N–H and O–H groups in total. The summed E-state index contributed by atoms with van der Waals surface area (Å²) in [4.78, 5) is 25.7. The lowest BCUT2D eigenvalue weighted by atomic mass is 9.73. The van der Waals surface area contributed by atoms with E-state index in [1.54, 1.807) is 7.05 Å². The Bertz CT molecular complexity index is 852. The Labute approximate surface area is 196 Å². The van der Waals surface area contributed by atoms with Crippen LogP contribution in [0.4, 0.5) is 0 Å². The van der Waals surface area contributed by atoms with E-state index < -0.39 is 11.5 Å². The number of carbonyl (C=O) groups is 2. The van der Waals surface area contributed by atoms with E-state index in [0.717, 1.165) is 24.8 Å². The number of amides is 2. The summed E-state index contributed by atoms with van der Waals surface area (Å²) in [6, 6.07) is 19.5. The van der Waals surface area contributed by atoms with E-state index in [4.69, 9.17) is 4.74 Å². The number of hydrogen-bond acceptors (Lipinski definition) is 4. The second-order valence-corrected chi connectivity index (χ2v) is 8.89. The van der Waals surface area contributed by atoms with Crippen molar-refractivity contribution in [2.45, 2.75) is 50.7 Å². The van der Waals surface area contributed by atoms with Gasteiger partial charge in [-0.05, 0) is 43.2 Å². The lowest BCUT2D eigenvalue weighted by Gasteiger charge is -2.38. The highest BCUT2D eigenvalue weighted by Gasteiger charge is 2.42. The predicted octanol–water partition coefficient (Wildman–Crippen LogP) is 3.58. The van der Waals surface area contributed by atoms with Crippen LogP contribution in [0.5, 0.6) is 0 Å². The molecule has 0 aromatic heterocycles. The molecule has 0 saturated heterocycles. The molecule has 0 spiro atoms. The molecule has 3 rings (SSSR count). The van der Waals surface area contributed by atoms with Crippen LogP contribution >= 0.6 is 12.6 Å².